The molecule has 1 N–H and O–H groups in total. The minimum atomic E-state index is -0.0646. The van der Waals surface area contributed by atoms with Gasteiger partial charge in [0.1, 0.15) is 11.3 Å². The summed E-state index contributed by atoms with van der Waals surface area (Å²) in [5.74, 6) is 1.33. The molecule has 4 fully saturated rings. The van der Waals surface area contributed by atoms with Gasteiger partial charge >= 0.3 is 0 Å². The zero-order chi connectivity index (χ0) is 20.3. The molecule has 3 aromatic rings. The van der Waals surface area contributed by atoms with Crippen LogP contribution in [0.25, 0.3) is 11.0 Å². The van der Waals surface area contributed by atoms with Gasteiger partial charge in [-0.2, -0.15) is 0 Å². The molecule has 0 spiro atoms. The van der Waals surface area contributed by atoms with E-state index in [1.165, 1.54) is 5.56 Å². The van der Waals surface area contributed by atoms with Crippen LogP contribution in [0.4, 0.5) is 0 Å². The smallest absolute Gasteiger partial charge is 0.251 e. The molecule has 0 saturated carbocycles. The van der Waals surface area contributed by atoms with E-state index < -0.39 is 0 Å². The molecule has 4 aliphatic rings. The first-order valence-electron chi connectivity index (χ1n) is 10.9. The van der Waals surface area contributed by atoms with Crippen molar-refractivity contribution in [3.8, 4) is 0 Å². The van der Waals surface area contributed by atoms with Crippen LogP contribution in [0.5, 0.6) is 0 Å². The second-order valence-electron chi connectivity index (χ2n) is 9.31. The van der Waals surface area contributed by atoms with Crippen molar-refractivity contribution in [2.45, 2.75) is 18.4 Å². The molecule has 7 rings (SSSR count). The maximum Gasteiger partial charge on any atom is 0.251 e. The van der Waals surface area contributed by atoms with Crippen LogP contribution in [0, 0.1) is 12.8 Å². The van der Waals surface area contributed by atoms with E-state index in [0.717, 1.165) is 56.0 Å². The minimum Gasteiger partial charge on any atom is -0.461 e. The molecule has 5 nitrogen and oxygen atoms in total. The number of carbonyl (C=O) groups is 1. The molecule has 4 aliphatic heterocycles. The Hall–Kier alpha value is -2.63. The van der Waals surface area contributed by atoms with Crippen LogP contribution in [0.15, 0.2) is 59.0 Å². The van der Waals surface area contributed by atoms with Crippen LogP contribution in [0.2, 0.25) is 0 Å². The molecule has 0 radical (unpaired) electrons. The quantitative estimate of drug-likeness (QED) is 0.733. The summed E-state index contributed by atoms with van der Waals surface area (Å²) in [5, 5.41) is 4.48. The van der Waals surface area contributed by atoms with Gasteiger partial charge in [-0.25, -0.2) is 0 Å². The highest BCUT2D eigenvalue weighted by Crippen LogP contribution is 2.43. The fourth-order valence-corrected chi connectivity index (χ4v) is 6.11. The maximum absolute atomic E-state index is 13.4. The first-order valence-corrected chi connectivity index (χ1v) is 10.9. The largest absolute Gasteiger partial charge is 0.461 e. The summed E-state index contributed by atoms with van der Waals surface area (Å²) in [4.78, 5) is 18.6. The molecule has 30 heavy (non-hydrogen) atoms. The van der Waals surface area contributed by atoms with Crippen LogP contribution in [-0.2, 0) is 5.41 Å². The zero-order valence-electron chi connectivity index (χ0n) is 17.3. The highest BCUT2D eigenvalue weighted by Gasteiger charge is 2.55. The van der Waals surface area contributed by atoms with Crippen molar-refractivity contribution in [1.82, 2.24) is 15.1 Å². The normalized spacial score (nSPS) is 32.3. The third kappa shape index (κ3) is 2.80. The third-order valence-electron chi connectivity index (χ3n) is 7.33. The molecule has 4 bridgehead atoms. The summed E-state index contributed by atoms with van der Waals surface area (Å²) in [6.07, 6.45) is 0. The number of hydrogen-bond acceptors (Lipinski definition) is 4. The molecule has 4 saturated heterocycles. The molecule has 2 aromatic carbocycles. The molecule has 154 valence electrons. The van der Waals surface area contributed by atoms with Crippen molar-refractivity contribution in [2.24, 2.45) is 5.92 Å². The van der Waals surface area contributed by atoms with E-state index in [2.05, 4.69) is 45.4 Å². The summed E-state index contributed by atoms with van der Waals surface area (Å²) >= 11 is 0. The number of fused-ring (bicyclic) bond motifs is 2. The number of piperidine rings is 2. The predicted molar refractivity (Wildman–Crippen MR) is 117 cm³/mol. The zero-order valence-corrected chi connectivity index (χ0v) is 17.3. The Morgan fingerprint density at radius 2 is 1.77 bits per heavy atom. The van der Waals surface area contributed by atoms with E-state index in [1.807, 2.05) is 31.2 Å². The second kappa shape index (κ2) is 6.69. The molecule has 3 unspecified atom stereocenters. The average molecular weight is 402 g/mol. The van der Waals surface area contributed by atoms with Gasteiger partial charge in [-0.05, 0) is 36.8 Å². The van der Waals surface area contributed by atoms with Gasteiger partial charge in [0, 0.05) is 67.6 Å². The van der Waals surface area contributed by atoms with Crippen molar-refractivity contribution in [1.29, 1.82) is 0 Å². The fraction of sp³-hybridized carbons (Fsp3) is 0.400. The van der Waals surface area contributed by atoms with Gasteiger partial charge in [-0.15, -0.1) is 0 Å². The van der Waals surface area contributed by atoms with Gasteiger partial charge in [0.15, 0.2) is 0 Å². The van der Waals surface area contributed by atoms with Crippen molar-refractivity contribution < 1.29 is 9.21 Å². The lowest BCUT2D eigenvalue weighted by Crippen LogP contribution is -2.70. The summed E-state index contributed by atoms with van der Waals surface area (Å²) in [5.41, 5.74) is 2.82. The van der Waals surface area contributed by atoms with E-state index in [9.17, 15) is 4.79 Å². The Bertz CT molecular complexity index is 1090. The first-order chi connectivity index (χ1) is 14.6. The summed E-state index contributed by atoms with van der Waals surface area (Å²) in [6.45, 7) is 8.34. The number of rotatable bonds is 3. The van der Waals surface area contributed by atoms with Crippen LogP contribution >= 0.6 is 0 Å². The number of hydrogen-bond donors (Lipinski definition) is 1. The van der Waals surface area contributed by atoms with Crippen LogP contribution in [-0.4, -0.2) is 61.0 Å². The summed E-state index contributed by atoms with van der Waals surface area (Å²) < 4.78 is 5.67. The lowest BCUT2D eigenvalue weighted by Gasteiger charge is -2.55. The molecular formula is C25H27N3O2. The Labute approximate surface area is 176 Å². The van der Waals surface area contributed by atoms with Crippen molar-refractivity contribution in [2.75, 3.05) is 39.3 Å². The number of aryl methyl sites for hydroxylation is 1. The number of benzene rings is 2. The molecule has 5 heteroatoms. The molecule has 1 amide bonds. The average Bonchev–Trinajstić information content (AvgIpc) is 2.94. The number of amides is 1. The van der Waals surface area contributed by atoms with Gasteiger partial charge < -0.3 is 19.5 Å². The van der Waals surface area contributed by atoms with Gasteiger partial charge in [0.25, 0.3) is 5.91 Å². The Kier molecular flexibility index (Phi) is 4.05. The predicted octanol–water partition coefficient (Wildman–Crippen LogP) is 3.04. The van der Waals surface area contributed by atoms with E-state index >= 15 is 0 Å². The standard InChI is InChI=1S/C25H27N3O2/c1-17-11-19-12-18(7-8-22(19)30-17)24(29)26-23-20-13-27-9-10-28(14-20)16-25(23,15-27)21-5-3-2-4-6-21/h2-8,11-12,20,23H,9-10,13-16H2,1H3,(H,26,29). The molecule has 3 atom stereocenters. The Morgan fingerprint density at radius 1 is 1.03 bits per heavy atom. The molecule has 5 heterocycles. The van der Waals surface area contributed by atoms with Gasteiger partial charge in [-0.3, -0.25) is 4.79 Å². The Morgan fingerprint density at radius 3 is 2.50 bits per heavy atom. The number of carbonyl (C=O) groups excluding carboxylic acids is 1. The van der Waals surface area contributed by atoms with E-state index in [-0.39, 0.29) is 17.4 Å². The number of nitrogens with one attached hydrogen (secondary N) is 1. The third-order valence-corrected chi connectivity index (χ3v) is 7.33. The van der Waals surface area contributed by atoms with Crippen molar-refractivity contribution in [3.63, 3.8) is 0 Å². The van der Waals surface area contributed by atoms with Gasteiger partial charge in [0.05, 0.1) is 0 Å². The second-order valence-corrected chi connectivity index (χ2v) is 9.31. The lowest BCUT2D eigenvalue weighted by molar-refractivity contribution is 0.0180. The van der Waals surface area contributed by atoms with E-state index in [0.29, 0.717) is 11.5 Å². The van der Waals surface area contributed by atoms with E-state index in [1.54, 1.807) is 0 Å². The SMILES string of the molecule is Cc1cc2cc(C(=O)NC3C4CN5CCN(C4)CC3(c3ccccc3)C5)ccc2o1. The first kappa shape index (κ1) is 18.2. The summed E-state index contributed by atoms with van der Waals surface area (Å²) in [6, 6.07) is 18.7. The monoisotopic (exact) mass is 401 g/mol. The van der Waals surface area contributed by atoms with Crippen LogP contribution < -0.4 is 5.32 Å². The van der Waals surface area contributed by atoms with Crippen molar-refractivity contribution >= 4 is 16.9 Å². The Balaban J connectivity index is 1.37. The highest BCUT2D eigenvalue weighted by molar-refractivity contribution is 5.98. The highest BCUT2D eigenvalue weighted by atomic mass is 16.3. The minimum absolute atomic E-state index is 0.0206. The van der Waals surface area contributed by atoms with Gasteiger partial charge in [-0.1, -0.05) is 30.3 Å². The van der Waals surface area contributed by atoms with Crippen LogP contribution in [0.3, 0.4) is 0 Å². The van der Waals surface area contributed by atoms with E-state index in [4.69, 9.17) is 4.42 Å². The number of nitrogens with zero attached hydrogens (tertiary/aromatic N) is 2. The summed E-state index contributed by atoms with van der Waals surface area (Å²) in [7, 11) is 0. The van der Waals surface area contributed by atoms with Crippen molar-refractivity contribution in [3.05, 3.63) is 71.5 Å². The number of furan rings is 1. The molecular weight excluding hydrogens is 374 g/mol. The topological polar surface area (TPSA) is 48.7 Å². The molecule has 1 aromatic heterocycles. The van der Waals surface area contributed by atoms with Crippen LogP contribution in [0.1, 0.15) is 21.7 Å². The molecule has 0 aliphatic carbocycles. The maximum atomic E-state index is 13.4. The fourth-order valence-electron chi connectivity index (χ4n) is 6.11. The van der Waals surface area contributed by atoms with Gasteiger partial charge in [0.2, 0.25) is 0 Å². The lowest BCUT2D eigenvalue weighted by atomic mass is 9.64.